The second-order valence-electron chi connectivity index (χ2n) is 5.35. The minimum absolute atomic E-state index is 0.176. The number of hydrogen-bond acceptors (Lipinski definition) is 3. The van der Waals surface area contributed by atoms with Gasteiger partial charge < -0.3 is 10.1 Å². The first kappa shape index (κ1) is 15.6. The van der Waals surface area contributed by atoms with Gasteiger partial charge in [-0.15, -0.1) is 0 Å². The highest BCUT2D eigenvalue weighted by atomic mass is 16.5. The van der Waals surface area contributed by atoms with Gasteiger partial charge in [0.15, 0.2) is 5.75 Å². The van der Waals surface area contributed by atoms with E-state index in [0.29, 0.717) is 5.92 Å². The van der Waals surface area contributed by atoms with Gasteiger partial charge in [0.1, 0.15) is 0 Å². The summed E-state index contributed by atoms with van der Waals surface area (Å²) in [5.74, 6) is 1.18. The highest BCUT2D eigenvalue weighted by Gasteiger charge is 2.26. The van der Waals surface area contributed by atoms with Crippen LogP contribution in [0.2, 0.25) is 0 Å². The van der Waals surface area contributed by atoms with Crippen LogP contribution in [0.3, 0.4) is 0 Å². The van der Waals surface area contributed by atoms with E-state index in [-0.39, 0.29) is 6.04 Å². The average molecular weight is 287 g/mol. The molecule has 2 atom stereocenters. The van der Waals surface area contributed by atoms with Crippen molar-refractivity contribution in [1.82, 2.24) is 15.1 Å². The molecule has 0 spiro atoms. The third kappa shape index (κ3) is 3.45. The lowest BCUT2D eigenvalue weighted by Gasteiger charge is -2.26. The van der Waals surface area contributed by atoms with Crippen LogP contribution in [0.1, 0.15) is 43.5 Å². The molecule has 0 fully saturated rings. The molecule has 0 bridgehead atoms. The van der Waals surface area contributed by atoms with Crippen LogP contribution in [-0.2, 0) is 7.05 Å². The molecule has 4 heteroatoms. The molecule has 0 aliphatic heterocycles. The molecule has 4 nitrogen and oxygen atoms in total. The normalized spacial score (nSPS) is 13.9. The molecular weight excluding hydrogens is 262 g/mol. The Morgan fingerprint density at radius 2 is 2.00 bits per heavy atom. The fourth-order valence-corrected chi connectivity index (χ4v) is 2.70. The van der Waals surface area contributed by atoms with Crippen molar-refractivity contribution in [2.45, 2.75) is 32.2 Å². The fourth-order valence-electron chi connectivity index (χ4n) is 2.70. The van der Waals surface area contributed by atoms with Crippen molar-refractivity contribution >= 4 is 0 Å². The molecular formula is C17H25N3O. The van der Waals surface area contributed by atoms with Gasteiger partial charge in [-0.25, -0.2) is 0 Å². The topological polar surface area (TPSA) is 39.1 Å². The second-order valence-corrected chi connectivity index (χ2v) is 5.35. The van der Waals surface area contributed by atoms with E-state index in [1.54, 1.807) is 13.3 Å². The van der Waals surface area contributed by atoms with E-state index < -0.39 is 0 Å². The van der Waals surface area contributed by atoms with Gasteiger partial charge in [0, 0.05) is 13.0 Å². The first-order valence-electron chi connectivity index (χ1n) is 7.53. The van der Waals surface area contributed by atoms with Crippen molar-refractivity contribution in [3.63, 3.8) is 0 Å². The summed E-state index contributed by atoms with van der Waals surface area (Å²) in [5.41, 5.74) is 2.41. The molecule has 114 valence electrons. The first-order chi connectivity index (χ1) is 10.2. The summed E-state index contributed by atoms with van der Waals surface area (Å²) < 4.78 is 7.40. The lowest BCUT2D eigenvalue weighted by molar-refractivity contribution is 0.379. The lowest BCUT2D eigenvalue weighted by Crippen LogP contribution is -2.29. The number of benzene rings is 1. The molecule has 0 radical (unpaired) electrons. The number of methoxy groups -OCH3 is 1. The Bertz CT molecular complexity index is 550. The summed E-state index contributed by atoms with van der Waals surface area (Å²) in [7, 11) is 3.67. The van der Waals surface area contributed by atoms with Crippen molar-refractivity contribution in [3.05, 3.63) is 47.8 Å². The quantitative estimate of drug-likeness (QED) is 0.849. The van der Waals surface area contributed by atoms with E-state index in [0.717, 1.165) is 24.4 Å². The Hall–Kier alpha value is -1.81. The van der Waals surface area contributed by atoms with E-state index in [2.05, 4.69) is 54.6 Å². The smallest absolute Gasteiger partial charge is 0.161 e. The summed E-state index contributed by atoms with van der Waals surface area (Å²) in [6.45, 7) is 5.39. The van der Waals surface area contributed by atoms with Crippen molar-refractivity contribution in [2.24, 2.45) is 7.05 Å². The van der Waals surface area contributed by atoms with Crippen LogP contribution < -0.4 is 10.1 Å². The Morgan fingerprint density at radius 1 is 1.29 bits per heavy atom. The second kappa shape index (κ2) is 7.27. The Kier molecular flexibility index (Phi) is 5.39. The van der Waals surface area contributed by atoms with Crippen LogP contribution in [0.25, 0.3) is 0 Å². The third-order valence-electron chi connectivity index (χ3n) is 3.90. The average Bonchev–Trinajstić information content (AvgIpc) is 2.89. The summed E-state index contributed by atoms with van der Waals surface area (Å²) in [5, 5.41) is 7.99. The molecule has 1 aromatic heterocycles. The summed E-state index contributed by atoms with van der Waals surface area (Å²) >= 11 is 0. The Balaban J connectivity index is 2.36. The molecule has 2 rings (SSSR count). The van der Waals surface area contributed by atoms with Crippen molar-refractivity contribution < 1.29 is 4.74 Å². The van der Waals surface area contributed by atoms with Crippen LogP contribution in [-0.4, -0.2) is 23.4 Å². The number of aryl methyl sites for hydroxylation is 1. The monoisotopic (exact) mass is 287 g/mol. The zero-order valence-corrected chi connectivity index (χ0v) is 13.3. The summed E-state index contributed by atoms with van der Waals surface area (Å²) in [4.78, 5) is 0. The number of nitrogens with zero attached hydrogens (tertiary/aromatic N) is 2. The maximum atomic E-state index is 5.49. The molecule has 0 amide bonds. The predicted octanol–water partition coefficient (Wildman–Crippen LogP) is 3.27. The van der Waals surface area contributed by atoms with Gasteiger partial charge in [-0.05, 0) is 18.5 Å². The molecule has 21 heavy (non-hydrogen) atoms. The van der Waals surface area contributed by atoms with Gasteiger partial charge in [0.05, 0.1) is 25.0 Å². The minimum Gasteiger partial charge on any atom is -0.493 e. The number of rotatable bonds is 7. The van der Waals surface area contributed by atoms with Gasteiger partial charge >= 0.3 is 0 Å². The van der Waals surface area contributed by atoms with E-state index in [9.17, 15) is 0 Å². The van der Waals surface area contributed by atoms with Crippen LogP contribution in [0.5, 0.6) is 5.75 Å². The highest BCUT2D eigenvalue weighted by molar-refractivity contribution is 5.32. The Morgan fingerprint density at radius 3 is 2.62 bits per heavy atom. The standard InChI is InChI=1S/C17H25N3O/c1-5-11-18-16(13(2)14-9-7-6-8-10-14)17-15(21-4)12-19-20(17)3/h6-10,12-13,16,18H,5,11H2,1-4H3. The van der Waals surface area contributed by atoms with Crippen LogP contribution >= 0.6 is 0 Å². The first-order valence-corrected chi connectivity index (χ1v) is 7.53. The van der Waals surface area contributed by atoms with E-state index >= 15 is 0 Å². The maximum absolute atomic E-state index is 5.49. The predicted molar refractivity (Wildman–Crippen MR) is 85.7 cm³/mol. The van der Waals surface area contributed by atoms with Crippen molar-refractivity contribution in [1.29, 1.82) is 0 Å². The van der Waals surface area contributed by atoms with Crippen molar-refractivity contribution in [3.8, 4) is 5.75 Å². The molecule has 1 aromatic carbocycles. The van der Waals surface area contributed by atoms with Crippen LogP contribution in [0.4, 0.5) is 0 Å². The molecule has 2 aromatic rings. The maximum Gasteiger partial charge on any atom is 0.161 e. The lowest BCUT2D eigenvalue weighted by atomic mass is 9.90. The highest BCUT2D eigenvalue weighted by Crippen LogP contribution is 2.35. The van der Waals surface area contributed by atoms with Gasteiger partial charge in [-0.3, -0.25) is 4.68 Å². The van der Waals surface area contributed by atoms with Gasteiger partial charge in [-0.2, -0.15) is 5.10 Å². The minimum atomic E-state index is 0.176. The van der Waals surface area contributed by atoms with Gasteiger partial charge in [-0.1, -0.05) is 44.2 Å². The third-order valence-corrected chi connectivity index (χ3v) is 3.90. The van der Waals surface area contributed by atoms with Crippen LogP contribution in [0, 0.1) is 0 Å². The van der Waals surface area contributed by atoms with Crippen molar-refractivity contribution in [2.75, 3.05) is 13.7 Å². The zero-order valence-electron chi connectivity index (χ0n) is 13.3. The number of aromatic nitrogens is 2. The molecule has 2 unspecified atom stereocenters. The van der Waals surface area contributed by atoms with E-state index in [1.807, 2.05) is 11.7 Å². The molecule has 0 aliphatic carbocycles. The Labute approximate surface area is 127 Å². The van der Waals surface area contributed by atoms with Crippen LogP contribution in [0.15, 0.2) is 36.5 Å². The van der Waals surface area contributed by atoms with Gasteiger partial charge in [0.25, 0.3) is 0 Å². The summed E-state index contributed by atoms with van der Waals surface area (Å²) in [6, 6.07) is 10.7. The van der Waals surface area contributed by atoms with Gasteiger partial charge in [0.2, 0.25) is 0 Å². The molecule has 0 saturated carbocycles. The summed E-state index contributed by atoms with van der Waals surface area (Å²) in [6.07, 6.45) is 2.88. The molecule has 0 aliphatic rings. The molecule has 1 N–H and O–H groups in total. The molecule has 0 saturated heterocycles. The van der Waals surface area contributed by atoms with E-state index in [1.165, 1.54) is 5.56 Å². The SMILES string of the molecule is CCCNC(c1c(OC)cnn1C)C(C)c1ccccc1. The van der Waals surface area contributed by atoms with E-state index in [4.69, 9.17) is 4.74 Å². The molecule has 1 heterocycles. The fraction of sp³-hybridized carbons (Fsp3) is 0.471. The largest absolute Gasteiger partial charge is 0.493 e. The number of ether oxygens (including phenoxy) is 1. The zero-order chi connectivity index (χ0) is 15.2. The number of hydrogen-bond donors (Lipinski definition) is 1. The number of nitrogens with one attached hydrogen (secondary N) is 1.